The van der Waals surface area contributed by atoms with Crippen LogP contribution in [0.15, 0.2) is 24.8 Å². The molecule has 0 saturated heterocycles. The number of amides is 1. The first-order chi connectivity index (χ1) is 5.83. The van der Waals surface area contributed by atoms with E-state index in [0.717, 1.165) is 5.00 Å². The molecule has 1 aromatic heterocycles. The van der Waals surface area contributed by atoms with E-state index in [4.69, 9.17) is 0 Å². The summed E-state index contributed by atoms with van der Waals surface area (Å²) in [6, 6.07) is 3.48. The van der Waals surface area contributed by atoms with Crippen LogP contribution in [0.1, 0.15) is 0 Å². The normalized spacial score (nSPS) is 9.00. The number of hydrogen-bond acceptors (Lipinski definition) is 3. The predicted octanol–water partition coefficient (Wildman–Crippen LogP) is 2.28. The number of anilines is 1. The van der Waals surface area contributed by atoms with E-state index in [-0.39, 0.29) is 6.61 Å². The highest BCUT2D eigenvalue weighted by atomic mass is 32.1. The molecule has 0 saturated carbocycles. The summed E-state index contributed by atoms with van der Waals surface area (Å²) in [7, 11) is 0. The van der Waals surface area contributed by atoms with Gasteiger partial charge >= 0.3 is 6.09 Å². The number of rotatable bonds is 3. The van der Waals surface area contributed by atoms with E-state index in [1.807, 2.05) is 0 Å². The van der Waals surface area contributed by atoms with Gasteiger partial charge in [-0.25, -0.2) is 4.79 Å². The summed E-state index contributed by atoms with van der Waals surface area (Å²) in [4.78, 5) is 10.9. The highest BCUT2D eigenvalue weighted by Gasteiger charge is 2.00. The van der Waals surface area contributed by atoms with E-state index in [2.05, 4.69) is 22.0 Å². The highest BCUT2D eigenvalue weighted by molar-refractivity contribution is 7.13. The molecule has 0 aliphatic rings. The van der Waals surface area contributed by atoms with Crippen molar-refractivity contribution in [1.29, 1.82) is 0 Å². The van der Waals surface area contributed by atoms with Crippen molar-refractivity contribution in [2.24, 2.45) is 0 Å². The molecule has 1 N–H and O–H groups in total. The molecule has 4 heteroatoms. The lowest BCUT2D eigenvalue weighted by Gasteiger charge is -2.01. The molecule has 0 spiro atoms. The zero-order valence-corrected chi connectivity index (χ0v) is 7.19. The molecule has 0 aliphatic carbocycles. The van der Waals surface area contributed by atoms with E-state index in [9.17, 15) is 4.79 Å². The standard InChI is InChI=1S/C8H8NO2S/c1-2-5-11-8(10)9-7-4-3-6-12-7/h2-4H,1,5H2,(H,9,10). The van der Waals surface area contributed by atoms with Crippen molar-refractivity contribution in [3.05, 3.63) is 30.2 Å². The Morgan fingerprint density at radius 1 is 1.92 bits per heavy atom. The Kier molecular flexibility index (Phi) is 3.35. The van der Waals surface area contributed by atoms with Crippen molar-refractivity contribution in [2.75, 3.05) is 11.9 Å². The lowest BCUT2D eigenvalue weighted by Crippen LogP contribution is -2.12. The number of ether oxygens (including phenoxy) is 1. The fourth-order valence-electron chi connectivity index (χ4n) is 0.580. The summed E-state index contributed by atoms with van der Waals surface area (Å²) in [6.07, 6.45) is 1.05. The summed E-state index contributed by atoms with van der Waals surface area (Å²) in [5.74, 6) is 0. The van der Waals surface area contributed by atoms with Gasteiger partial charge in [-0.15, -0.1) is 11.3 Å². The first-order valence-corrected chi connectivity index (χ1v) is 4.15. The van der Waals surface area contributed by atoms with E-state index in [1.165, 1.54) is 17.4 Å². The zero-order valence-electron chi connectivity index (χ0n) is 6.37. The van der Waals surface area contributed by atoms with Gasteiger partial charge in [-0.05, 0) is 12.1 Å². The van der Waals surface area contributed by atoms with Crippen molar-refractivity contribution in [2.45, 2.75) is 0 Å². The third-order valence-electron chi connectivity index (χ3n) is 1.03. The summed E-state index contributed by atoms with van der Waals surface area (Å²) in [5, 5.41) is 6.10. The van der Waals surface area contributed by atoms with Crippen LogP contribution in [0.4, 0.5) is 9.80 Å². The first kappa shape index (κ1) is 8.80. The molecule has 0 fully saturated rings. The Morgan fingerprint density at radius 2 is 2.75 bits per heavy atom. The SMILES string of the molecule is C=CCOC(=O)Nc1cc[c]s1. The monoisotopic (exact) mass is 182 g/mol. The van der Waals surface area contributed by atoms with Gasteiger partial charge in [-0.3, -0.25) is 5.32 Å². The van der Waals surface area contributed by atoms with Crippen LogP contribution in [-0.4, -0.2) is 12.7 Å². The van der Waals surface area contributed by atoms with Gasteiger partial charge in [0.05, 0.1) is 5.00 Å². The van der Waals surface area contributed by atoms with Gasteiger partial charge in [-0.2, -0.15) is 0 Å². The number of hydrogen-bond donors (Lipinski definition) is 1. The molecule has 0 bridgehead atoms. The quantitative estimate of drug-likeness (QED) is 0.728. The van der Waals surface area contributed by atoms with E-state index >= 15 is 0 Å². The van der Waals surface area contributed by atoms with Crippen LogP contribution in [0, 0.1) is 5.38 Å². The molecule has 1 amide bonds. The van der Waals surface area contributed by atoms with E-state index < -0.39 is 6.09 Å². The lowest BCUT2D eigenvalue weighted by atomic mass is 10.6. The molecular weight excluding hydrogens is 174 g/mol. The molecule has 12 heavy (non-hydrogen) atoms. The largest absolute Gasteiger partial charge is 0.445 e. The maximum atomic E-state index is 10.9. The number of carbonyl (C=O) groups is 1. The number of nitrogens with one attached hydrogen (secondary N) is 1. The van der Waals surface area contributed by atoms with Crippen molar-refractivity contribution in [3.63, 3.8) is 0 Å². The molecule has 1 radical (unpaired) electrons. The fraction of sp³-hybridized carbons (Fsp3) is 0.125. The summed E-state index contributed by atoms with van der Waals surface area (Å²) in [6.45, 7) is 3.64. The molecular formula is C8H8NO2S. The van der Waals surface area contributed by atoms with Crippen LogP contribution in [0.2, 0.25) is 0 Å². The van der Waals surface area contributed by atoms with Gasteiger partial charge in [0, 0.05) is 5.38 Å². The van der Waals surface area contributed by atoms with Gasteiger partial charge < -0.3 is 4.74 Å². The molecule has 1 rings (SSSR count). The first-order valence-electron chi connectivity index (χ1n) is 3.33. The summed E-state index contributed by atoms with van der Waals surface area (Å²) < 4.78 is 4.69. The van der Waals surface area contributed by atoms with Gasteiger partial charge in [-0.1, -0.05) is 12.7 Å². The van der Waals surface area contributed by atoms with Crippen LogP contribution in [0.25, 0.3) is 0 Å². The minimum absolute atomic E-state index is 0.223. The average Bonchev–Trinajstić information content (AvgIpc) is 2.53. The average molecular weight is 182 g/mol. The van der Waals surface area contributed by atoms with Crippen LogP contribution >= 0.6 is 11.3 Å². The molecule has 63 valence electrons. The highest BCUT2D eigenvalue weighted by Crippen LogP contribution is 2.13. The Bertz CT molecular complexity index is 256. The zero-order chi connectivity index (χ0) is 8.81. The van der Waals surface area contributed by atoms with Crippen LogP contribution in [0.3, 0.4) is 0 Å². The smallest absolute Gasteiger partial charge is 0.412 e. The molecule has 1 heterocycles. The number of thiophene rings is 1. The third-order valence-corrected chi connectivity index (χ3v) is 1.74. The fourth-order valence-corrected chi connectivity index (χ4v) is 1.11. The predicted molar refractivity (Wildman–Crippen MR) is 48.3 cm³/mol. The Hall–Kier alpha value is -1.29. The Balaban J connectivity index is 2.32. The third kappa shape index (κ3) is 2.75. The second kappa shape index (κ2) is 4.56. The second-order valence-corrected chi connectivity index (χ2v) is 2.81. The minimum atomic E-state index is -0.467. The maximum absolute atomic E-state index is 10.9. The van der Waals surface area contributed by atoms with Gasteiger partial charge in [0.1, 0.15) is 6.61 Å². The van der Waals surface area contributed by atoms with Crippen LogP contribution in [0.5, 0.6) is 0 Å². The van der Waals surface area contributed by atoms with Crippen LogP contribution in [-0.2, 0) is 4.74 Å². The van der Waals surface area contributed by atoms with Crippen molar-refractivity contribution in [3.8, 4) is 0 Å². The molecule has 0 atom stereocenters. The molecule has 0 aliphatic heterocycles. The second-order valence-electron chi connectivity index (χ2n) is 1.93. The molecule has 0 unspecified atom stereocenters. The van der Waals surface area contributed by atoms with Crippen molar-refractivity contribution in [1.82, 2.24) is 0 Å². The maximum Gasteiger partial charge on any atom is 0.412 e. The van der Waals surface area contributed by atoms with Crippen molar-refractivity contribution >= 4 is 22.4 Å². The van der Waals surface area contributed by atoms with Gasteiger partial charge in [0.15, 0.2) is 0 Å². The van der Waals surface area contributed by atoms with Gasteiger partial charge in [0.25, 0.3) is 0 Å². The van der Waals surface area contributed by atoms with Gasteiger partial charge in [0.2, 0.25) is 0 Å². The lowest BCUT2D eigenvalue weighted by molar-refractivity contribution is 0.174. The Morgan fingerprint density at radius 3 is 3.33 bits per heavy atom. The topological polar surface area (TPSA) is 38.3 Å². The van der Waals surface area contributed by atoms with Crippen LogP contribution < -0.4 is 5.32 Å². The molecule has 1 aromatic rings. The number of carbonyl (C=O) groups excluding carboxylic acids is 1. The minimum Gasteiger partial charge on any atom is -0.445 e. The summed E-state index contributed by atoms with van der Waals surface area (Å²) in [5.41, 5.74) is 0. The van der Waals surface area contributed by atoms with E-state index in [1.54, 1.807) is 12.1 Å². The van der Waals surface area contributed by atoms with Crippen molar-refractivity contribution < 1.29 is 9.53 Å². The molecule has 0 aromatic carbocycles. The Labute approximate surface area is 74.7 Å². The summed E-state index contributed by atoms with van der Waals surface area (Å²) >= 11 is 1.32. The molecule has 3 nitrogen and oxygen atoms in total. The van der Waals surface area contributed by atoms with E-state index in [0.29, 0.717) is 0 Å².